The zero-order valence-electron chi connectivity index (χ0n) is 13.9. The van der Waals surface area contributed by atoms with Crippen molar-refractivity contribution in [2.45, 2.75) is 26.4 Å². The molecule has 1 aromatic carbocycles. The molecule has 126 valence electrons. The summed E-state index contributed by atoms with van der Waals surface area (Å²) in [5, 5.41) is 0. The average molecular weight is 345 g/mol. The van der Waals surface area contributed by atoms with Gasteiger partial charge in [-0.1, -0.05) is 19.1 Å². The van der Waals surface area contributed by atoms with Gasteiger partial charge in [-0.2, -0.15) is 0 Å². The smallest absolute Gasteiger partial charge is 0.348 e. The second-order valence-electron chi connectivity index (χ2n) is 5.56. The van der Waals surface area contributed by atoms with Crippen molar-refractivity contribution in [3.8, 4) is 5.75 Å². The van der Waals surface area contributed by atoms with Gasteiger partial charge in [-0.15, -0.1) is 11.3 Å². The third-order valence-electron chi connectivity index (χ3n) is 4.10. The number of hydrogen-bond donors (Lipinski definition) is 0. The molecule has 3 rings (SSSR count). The Morgan fingerprint density at radius 1 is 1.38 bits per heavy atom. The van der Waals surface area contributed by atoms with E-state index < -0.39 is 12.1 Å². The van der Waals surface area contributed by atoms with Gasteiger partial charge < -0.3 is 9.47 Å². The predicted octanol–water partition coefficient (Wildman–Crippen LogP) is 3.20. The number of para-hydroxylation sites is 2. The number of anilines is 1. The summed E-state index contributed by atoms with van der Waals surface area (Å²) in [5.41, 5.74) is 1.85. The summed E-state index contributed by atoms with van der Waals surface area (Å²) in [6, 6.07) is 9.17. The van der Waals surface area contributed by atoms with E-state index in [0.29, 0.717) is 16.3 Å². The van der Waals surface area contributed by atoms with Crippen LogP contribution in [-0.2, 0) is 16.0 Å². The van der Waals surface area contributed by atoms with Gasteiger partial charge in [0.1, 0.15) is 5.75 Å². The molecule has 5 nitrogen and oxygen atoms in total. The lowest BCUT2D eigenvalue weighted by Crippen LogP contribution is -2.47. The summed E-state index contributed by atoms with van der Waals surface area (Å²) < 4.78 is 10.5. The number of esters is 1. The zero-order chi connectivity index (χ0) is 17.3. The molecule has 24 heavy (non-hydrogen) atoms. The highest BCUT2D eigenvalue weighted by atomic mass is 32.1. The van der Waals surface area contributed by atoms with Crippen molar-refractivity contribution in [3.05, 3.63) is 45.6 Å². The van der Waals surface area contributed by atoms with Gasteiger partial charge in [0, 0.05) is 4.88 Å². The summed E-state index contributed by atoms with van der Waals surface area (Å²) in [5.74, 6) is -0.0946. The molecule has 0 radical (unpaired) electrons. The Morgan fingerprint density at radius 2 is 2.12 bits per heavy atom. The van der Waals surface area contributed by atoms with E-state index in [-0.39, 0.29) is 12.5 Å². The predicted molar refractivity (Wildman–Crippen MR) is 93.0 cm³/mol. The van der Waals surface area contributed by atoms with Gasteiger partial charge in [-0.3, -0.25) is 9.69 Å². The lowest BCUT2D eigenvalue weighted by molar-refractivity contribution is -0.148. The number of ether oxygens (including phenoxy) is 2. The maximum Gasteiger partial charge on any atom is 0.348 e. The first kappa shape index (κ1) is 16.5. The van der Waals surface area contributed by atoms with Crippen LogP contribution >= 0.6 is 11.3 Å². The monoisotopic (exact) mass is 345 g/mol. The van der Waals surface area contributed by atoms with Gasteiger partial charge in [0.15, 0.2) is 0 Å². The normalized spacial score (nSPS) is 16.3. The number of amides is 1. The van der Waals surface area contributed by atoms with E-state index in [2.05, 4.69) is 6.92 Å². The van der Waals surface area contributed by atoms with Crippen molar-refractivity contribution in [3.63, 3.8) is 0 Å². The SMILES string of the molecule is CCc1cc(C(=O)N2CC(C(=O)OC)Oc3ccccc32)sc1C. The lowest BCUT2D eigenvalue weighted by Gasteiger charge is -2.33. The molecule has 6 heteroatoms. The molecule has 0 saturated heterocycles. The van der Waals surface area contributed by atoms with Gasteiger partial charge in [0.05, 0.1) is 24.2 Å². The molecule has 1 aromatic heterocycles. The first-order chi connectivity index (χ1) is 11.5. The number of methoxy groups -OCH3 is 1. The van der Waals surface area contributed by atoms with Gasteiger partial charge in [-0.05, 0) is 37.1 Å². The molecule has 2 aromatic rings. The Hall–Kier alpha value is -2.34. The van der Waals surface area contributed by atoms with Crippen LogP contribution in [0.5, 0.6) is 5.75 Å². The first-order valence-corrected chi connectivity index (χ1v) is 8.61. The van der Waals surface area contributed by atoms with E-state index in [9.17, 15) is 9.59 Å². The van der Waals surface area contributed by atoms with Crippen LogP contribution in [0.25, 0.3) is 0 Å². The van der Waals surface area contributed by atoms with Crippen LogP contribution in [0.2, 0.25) is 0 Å². The number of carbonyl (C=O) groups is 2. The third-order valence-corrected chi connectivity index (χ3v) is 5.18. The molecule has 1 aliphatic heterocycles. The molecule has 0 bridgehead atoms. The topological polar surface area (TPSA) is 55.8 Å². The quantitative estimate of drug-likeness (QED) is 0.802. The number of thiophene rings is 1. The Morgan fingerprint density at radius 3 is 2.79 bits per heavy atom. The van der Waals surface area contributed by atoms with Crippen molar-refractivity contribution in [1.29, 1.82) is 0 Å². The Labute approximate surface area is 144 Å². The van der Waals surface area contributed by atoms with Gasteiger partial charge in [0.25, 0.3) is 5.91 Å². The molecule has 0 spiro atoms. The van der Waals surface area contributed by atoms with Crippen LogP contribution in [0.4, 0.5) is 5.69 Å². The van der Waals surface area contributed by atoms with Crippen molar-refractivity contribution in [1.82, 2.24) is 0 Å². The van der Waals surface area contributed by atoms with Crippen molar-refractivity contribution in [2.24, 2.45) is 0 Å². The van der Waals surface area contributed by atoms with Crippen molar-refractivity contribution < 1.29 is 19.1 Å². The molecule has 1 amide bonds. The lowest BCUT2D eigenvalue weighted by atomic mass is 10.1. The number of carbonyl (C=O) groups excluding carboxylic acids is 2. The molecule has 0 saturated carbocycles. The van der Waals surface area contributed by atoms with E-state index in [1.54, 1.807) is 11.0 Å². The van der Waals surface area contributed by atoms with Gasteiger partial charge in [-0.25, -0.2) is 4.79 Å². The molecule has 1 atom stereocenters. The van der Waals surface area contributed by atoms with E-state index in [1.165, 1.54) is 24.0 Å². The summed E-state index contributed by atoms with van der Waals surface area (Å²) >= 11 is 1.48. The zero-order valence-corrected chi connectivity index (χ0v) is 14.7. The van der Waals surface area contributed by atoms with E-state index in [4.69, 9.17) is 9.47 Å². The first-order valence-electron chi connectivity index (χ1n) is 7.79. The number of benzene rings is 1. The van der Waals surface area contributed by atoms with Gasteiger partial charge in [0.2, 0.25) is 6.10 Å². The fraction of sp³-hybridized carbons (Fsp3) is 0.333. The minimum atomic E-state index is -0.819. The molecule has 1 unspecified atom stereocenters. The molecule has 2 heterocycles. The Bertz CT molecular complexity index is 783. The highest BCUT2D eigenvalue weighted by molar-refractivity contribution is 7.14. The number of hydrogen-bond acceptors (Lipinski definition) is 5. The van der Waals surface area contributed by atoms with Crippen LogP contribution in [0.1, 0.15) is 27.0 Å². The van der Waals surface area contributed by atoms with Crippen LogP contribution in [0.15, 0.2) is 30.3 Å². The summed E-state index contributed by atoms with van der Waals surface area (Å²) in [6.45, 7) is 4.23. The van der Waals surface area contributed by atoms with E-state index in [1.807, 2.05) is 31.2 Å². The average Bonchev–Trinajstić information content (AvgIpc) is 3.00. The second kappa shape index (κ2) is 6.65. The van der Waals surface area contributed by atoms with Crippen molar-refractivity contribution in [2.75, 3.05) is 18.6 Å². The standard InChI is InChI=1S/C18H19NO4S/c1-4-12-9-16(24-11(12)2)17(20)19-10-15(18(21)22-3)23-14-8-6-5-7-13(14)19/h5-9,15H,4,10H2,1-3H3. The minimum Gasteiger partial charge on any atom is -0.475 e. The highest BCUT2D eigenvalue weighted by Gasteiger charge is 2.35. The molecule has 1 aliphatic rings. The molecule has 0 aliphatic carbocycles. The third kappa shape index (κ3) is 2.89. The number of nitrogens with zero attached hydrogens (tertiary/aromatic N) is 1. The van der Waals surface area contributed by atoms with Crippen LogP contribution in [-0.4, -0.2) is 31.6 Å². The summed E-state index contributed by atoms with van der Waals surface area (Å²) in [4.78, 5) is 28.4. The number of rotatable bonds is 3. The number of fused-ring (bicyclic) bond motifs is 1. The van der Waals surface area contributed by atoms with Crippen LogP contribution in [0.3, 0.4) is 0 Å². The minimum absolute atomic E-state index is 0.118. The van der Waals surface area contributed by atoms with Gasteiger partial charge >= 0.3 is 5.97 Å². The van der Waals surface area contributed by atoms with Crippen molar-refractivity contribution >= 4 is 28.9 Å². The largest absolute Gasteiger partial charge is 0.475 e. The fourth-order valence-corrected chi connectivity index (χ4v) is 3.85. The van der Waals surface area contributed by atoms with Crippen LogP contribution < -0.4 is 9.64 Å². The summed E-state index contributed by atoms with van der Waals surface area (Å²) in [6.07, 6.45) is 0.0701. The molecule has 0 N–H and O–H groups in total. The maximum atomic E-state index is 13.0. The Balaban J connectivity index is 1.98. The van der Waals surface area contributed by atoms with E-state index >= 15 is 0 Å². The highest BCUT2D eigenvalue weighted by Crippen LogP contribution is 2.35. The second-order valence-corrected chi connectivity index (χ2v) is 6.82. The van der Waals surface area contributed by atoms with E-state index in [0.717, 1.165) is 11.3 Å². The maximum absolute atomic E-state index is 13.0. The molecular weight excluding hydrogens is 326 g/mol. The van der Waals surface area contributed by atoms with Crippen LogP contribution in [0, 0.1) is 6.92 Å². The summed E-state index contributed by atoms with van der Waals surface area (Å²) in [7, 11) is 1.31. The molecular formula is C18H19NO4S. The Kier molecular flexibility index (Phi) is 4.57. The fourth-order valence-electron chi connectivity index (χ4n) is 2.79. The number of aryl methyl sites for hydroxylation is 2. The molecule has 0 fully saturated rings.